The van der Waals surface area contributed by atoms with E-state index >= 15 is 0 Å². The molecule has 0 saturated carbocycles. The van der Waals surface area contributed by atoms with Crippen molar-refractivity contribution in [2.45, 2.75) is 19.6 Å². The lowest BCUT2D eigenvalue weighted by Gasteiger charge is -2.10. The highest BCUT2D eigenvalue weighted by Crippen LogP contribution is 2.10. The van der Waals surface area contributed by atoms with Gasteiger partial charge in [-0.2, -0.15) is 0 Å². The van der Waals surface area contributed by atoms with Gasteiger partial charge in [0.1, 0.15) is 0 Å². The minimum atomic E-state index is -0.221. The van der Waals surface area contributed by atoms with E-state index in [1.165, 1.54) is 0 Å². The average molecular weight is 319 g/mol. The largest absolute Gasteiger partial charge is 0.392 e. The molecule has 116 valence electrons. The van der Waals surface area contributed by atoms with Gasteiger partial charge in [0, 0.05) is 18.1 Å². The number of hydrogen-bond acceptors (Lipinski definition) is 2. The zero-order valence-corrected chi connectivity index (χ0v) is 12.9. The molecule has 0 saturated heterocycles. The fourth-order valence-corrected chi connectivity index (χ4v) is 2.22. The smallest absolute Gasteiger partial charge is 0.315 e. The second kappa shape index (κ2) is 8.41. The van der Waals surface area contributed by atoms with Crippen LogP contribution in [0.1, 0.15) is 16.7 Å². The van der Waals surface area contributed by atoms with E-state index in [4.69, 9.17) is 11.6 Å². The van der Waals surface area contributed by atoms with Gasteiger partial charge in [-0.1, -0.05) is 48.0 Å². The molecule has 0 heterocycles. The van der Waals surface area contributed by atoms with Gasteiger partial charge in [0.2, 0.25) is 0 Å². The molecule has 0 aliphatic rings. The van der Waals surface area contributed by atoms with Crippen LogP contribution in [0.3, 0.4) is 0 Å². The van der Waals surface area contributed by atoms with Gasteiger partial charge in [-0.25, -0.2) is 4.79 Å². The molecule has 4 nitrogen and oxygen atoms in total. The third kappa shape index (κ3) is 5.06. The first kappa shape index (κ1) is 16.3. The van der Waals surface area contributed by atoms with Crippen molar-refractivity contribution < 1.29 is 9.90 Å². The van der Waals surface area contributed by atoms with Crippen molar-refractivity contribution in [2.24, 2.45) is 0 Å². The highest BCUT2D eigenvalue weighted by atomic mass is 35.5. The van der Waals surface area contributed by atoms with Crippen LogP contribution in [0.4, 0.5) is 4.79 Å². The lowest BCUT2D eigenvalue weighted by molar-refractivity contribution is 0.240. The molecule has 0 atom stereocenters. The molecule has 2 aromatic carbocycles. The molecule has 0 aliphatic heterocycles. The van der Waals surface area contributed by atoms with E-state index < -0.39 is 0 Å². The molecule has 22 heavy (non-hydrogen) atoms. The maximum absolute atomic E-state index is 11.8. The Balaban J connectivity index is 1.73. The van der Waals surface area contributed by atoms with Crippen LogP contribution in [0.5, 0.6) is 0 Å². The van der Waals surface area contributed by atoms with Crippen LogP contribution in [-0.4, -0.2) is 17.7 Å². The Morgan fingerprint density at radius 2 is 1.68 bits per heavy atom. The summed E-state index contributed by atoms with van der Waals surface area (Å²) in [6.07, 6.45) is 0.748. The van der Waals surface area contributed by atoms with Crippen LogP contribution in [0.15, 0.2) is 48.5 Å². The molecular weight excluding hydrogens is 300 g/mol. The molecule has 0 spiro atoms. The van der Waals surface area contributed by atoms with Crippen LogP contribution < -0.4 is 10.6 Å². The van der Waals surface area contributed by atoms with Crippen LogP contribution in [0.25, 0.3) is 0 Å². The summed E-state index contributed by atoms with van der Waals surface area (Å²) in [5.74, 6) is 0. The van der Waals surface area contributed by atoms with Crippen molar-refractivity contribution in [3.8, 4) is 0 Å². The summed E-state index contributed by atoms with van der Waals surface area (Å²) in [6, 6.07) is 14.8. The Morgan fingerprint density at radius 3 is 2.36 bits per heavy atom. The van der Waals surface area contributed by atoms with Crippen LogP contribution in [0, 0.1) is 0 Å². The summed E-state index contributed by atoms with van der Waals surface area (Å²) < 4.78 is 0. The fraction of sp³-hybridized carbons (Fsp3) is 0.235. The molecule has 2 rings (SSSR count). The monoisotopic (exact) mass is 318 g/mol. The molecular formula is C17H19ClN2O2. The van der Waals surface area contributed by atoms with E-state index in [0.717, 1.165) is 23.1 Å². The first-order chi connectivity index (χ1) is 10.7. The maximum Gasteiger partial charge on any atom is 0.315 e. The van der Waals surface area contributed by atoms with Gasteiger partial charge in [0.25, 0.3) is 0 Å². The minimum Gasteiger partial charge on any atom is -0.392 e. The number of nitrogens with one attached hydrogen (secondary N) is 2. The standard InChI is InChI=1S/C17H19ClN2O2/c18-16-7-5-13(6-8-16)9-10-19-17(22)20-11-14-3-1-2-4-15(14)12-21/h1-8,21H,9-12H2,(H2,19,20,22). The van der Waals surface area contributed by atoms with Crippen molar-refractivity contribution in [3.63, 3.8) is 0 Å². The molecule has 5 heteroatoms. The van der Waals surface area contributed by atoms with Gasteiger partial charge >= 0.3 is 6.03 Å². The van der Waals surface area contributed by atoms with Crippen LogP contribution in [0.2, 0.25) is 5.02 Å². The van der Waals surface area contributed by atoms with Crippen molar-refractivity contribution in [3.05, 3.63) is 70.2 Å². The average Bonchev–Trinajstić information content (AvgIpc) is 2.55. The Bertz CT molecular complexity index is 614. The van der Waals surface area contributed by atoms with Gasteiger partial charge < -0.3 is 15.7 Å². The van der Waals surface area contributed by atoms with Crippen molar-refractivity contribution >= 4 is 17.6 Å². The maximum atomic E-state index is 11.8. The molecule has 0 unspecified atom stereocenters. The highest BCUT2D eigenvalue weighted by molar-refractivity contribution is 6.30. The topological polar surface area (TPSA) is 61.4 Å². The quantitative estimate of drug-likeness (QED) is 0.767. The molecule has 0 fully saturated rings. The summed E-state index contributed by atoms with van der Waals surface area (Å²) in [6.45, 7) is 0.911. The summed E-state index contributed by atoms with van der Waals surface area (Å²) in [5, 5.41) is 15.5. The number of carbonyl (C=O) groups excluding carboxylic acids is 1. The number of carbonyl (C=O) groups is 1. The molecule has 0 aromatic heterocycles. The normalized spacial score (nSPS) is 10.3. The lowest BCUT2D eigenvalue weighted by atomic mass is 10.1. The third-order valence-corrected chi connectivity index (χ3v) is 3.59. The van der Waals surface area contributed by atoms with Gasteiger partial charge in [-0.05, 0) is 35.2 Å². The zero-order valence-electron chi connectivity index (χ0n) is 12.2. The minimum absolute atomic E-state index is 0.0317. The van der Waals surface area contributed by atoms with E-state index in [0.29, 0.717) is 18.1 Å². The predicted octanol–water partition coefficient (Wildman–Crippen LogP) is 2.87. The van der Waals surface area contributed by atoms with E-state index in [9.17, 15) is 9.90 Å². The predicted molar refractivity (Wildman–Crippen MR) is 87.8 cm³/mol. The first-order valence-electron chi connectivity index (χ1n) is 7.13. The Morgan fingerprint density at radius 1 is 1.00 bits per heavy atom. The number of benzene rings is 2. The SMILES string of the molecule is O=C(NCCc1ccc(Cl)cc1)NCc1ccccc1CO. The first-order valence-corrected chi connectivity index (χ1v) is 7.50. The van der Waals surface area contributed by atoms with Crippen molar-refractivity contribution in [2.75, 3.05) is 6.54 Å². The second-order valence-electron chi connectivity index (χ2n) is 4.91. The van der Waals surface area contributed by atoms with Gasteiger partial charge in [0.05, 0.1) is 6.61 Å². The Kier molecular flexibility index (Phi) is 6.25. The van der Waals surface area contributed by atoms with Crippen LogP contribution in [-0.2, 0) is 19.6 Å². The van der Waals surface area contributed by atoms with E-state index in [1.54, 1.807) is 0 Å². The molecule has 0 bridgehead atoms. The van der Waals surface area contributed by atoms with E-state index in [1.807, 2.05) is 48.5 Å². The molecule has 3 N–H and O–H groups in total. The second-order valence-corrected chi connectivity index (χ2v) is 5.35. The number of amides is 2. The van der Waals surface area contributed by atoms with E-state index in [2.05, 4.69) is 10.6 Å². The number of hydrogen-bond donors (Lipinski definition) is 3. The molecule has 0 aliphatic carbocycles. The molecule has 0 radical (unpaired) electrons. The lowest BCUT2D eigenvalue weighted by Crippen LogP contribution is -2.36. The summed E-state index contributed by atoms with van der Waals surface area (Å²) in [7, 11) is 0. The number of aliphatic hydroxyl groups is 1. The van der Waals surface area contributed by atoms with Gasteiger partial charge in [0.15, 0.2) is 0 Å². The van der Waals surface area contributed by atoms with E-state index in [-0.39, 0.29) is 12.6 Å². The summed E-state index contributed by atoms with van der Waals surface area (Å²) in [5.41, 5.74) is 2.86. The third-order valence-electron chi connectivity index (χ3n) is 3.34. The molecule has 2 aromatic rings. The number of aliphatic hydroxyl groups excluding tert-OH is 1. The molecule has 2 amide bonds. The summed E-state index contributed by atoms with van der Waals surface area (Å²) in [4.78, 5) is 11.8. The highest BCUT2D eigenvalue weighted by Gasteiger charge is 2.03. The number of halogens is 1. The van der Waals surface area contributed by atoms with Crippen molar-refractivity contribution in [1.82, 2.24) is 10.6 Å². The summed E-state index contributed by atoms with van der Waals surface area (Å²) >= 11 is 5.82. The number of urea groups is 1. The Hall–Kier alpha value is -2.04. The fourth-order valence-electron chi connectivity index (χ4n) is 2.09. The van der Waals surface area contributed by atoms with Crippen molar-refractivity contribution in [1.29, 1.82) is 0 Å². The van der Waals surface area contributed by atoms with Crippen LogP contribution >= 0.6 is 11.6 Å². The zero-order chi connectivity index (χ0) is 15.8. The number of rotatable bonds is 6. The Labute approximate surface area is 135 Å². The van der Waals surface area contributed by atoms with Gasteiger partial charge in [-0.15, -0.1) is 0 Å². The van der Waals surface area contributed by atoms with Gasteiger partial charge in [-0.3, -0.25) is 0 Å².